The van der Waals surface area contributed by atoms with Gasteiger partial charge in [0.05, 0.1) is 16.4 Å². The van der Waals surface area contributed by atoms with Gasteiger partial charge in [0, 0.05) is 11.1 Å². The molecule has 1 aromatic heterocycles. The van der Waals surface area contributed by atoms with E-state index in [-0.39, 0.29) is 5.54 Å². The number of rotatable bonds is 1. The smallest absolute Gasteiger partial charge is 0.132 e. The van der Waals surface area contributed by atoms with Crippen LogP contribution in [0.4, 0.5) is 5.82 Å². The second kappa shape index (κ2) is 4.48. The minimum atomic E-state index is -0.136. The van der Waals surface area contributed by atoms with Gasteiger partial charge in [-0.15, -0.1) is 0 Å². The second-order valence-corrected chi connectivity index (χ2v) is 5.93. The van der Waals surface area contributed by atoms with Gasteiger partial charge in [-0.3, -0.25) is 0 Å². The van der Waals surface area contributed by atoms with Crippen LogP contribution in [0.5, 0.6) is 0 Å². The molecule has 5 heteroatoms. The Kier molecular flexibility index (Phi) is 3.30. The molecule has 0 unspecified atom stereocenters. The first kappa shape index (κ1) is 13.2. The van der Waals surface area contributed by atoms with Gasteiger partial charge in [0.2, 0.25) is 0 Å². The molecule has 2 N–H and O–H groups in total. The molecule has 96 valence electrons. The van der Waals surface area contributed by atoms with Crippen LogP contribution < -0.4 is 5.73 Å². The Morgan fingerprint density at radius 2 is 1.72 bits per heavy atom. The molecule has 0 aliphatic heterocycles. The van der Waals surface area contributed by atoms with Crippen molar-refractivity contribution in [1.82, 2.24) is 9.55 Å². The lowest BCUT2D eigenvalue weighted by Gasteiger charge is -2.22. The third-order valence-electron chi connectivity index (χ3n) is 2.73. The average Bonchev–Trinajstić information content (AvgIpc) is 2.60. The zero-order valence-corrected chi connectivity index (χ0v) is 12.0. The summed E-state index contributed by atoms with van der Waals surface area (Å²) in [5, 5.41) is 1.10. The first-order valence-corrected chi connectivity index (χ1v) is 6.35. The van der Waals surface area contributed by atoms with Gasteiger partial charge in [-0.25, -0.2) is 4.98 Å². The third-order valence-corrected chi connectivity index (χ3v) is 3.36. The molecule has 2 aromatic rings. The zero-order chi connectivity index (χ0) is 13.5. The van der Waals surface area contributed by atoms with Crippen LogP contribution in [-0.4, -0.2) is 9.55 Å². The topological polar surface area (TPSA) is 43.8 Å². The van der Waals surface area contributed by atoms with Crippen LogP contribution in [0.1, 0.15) is 20.8 Å². The zero-order valence-electron chi connectivity index (χ0n) is 10.5. The highest BCUT2D eigenvalue weighted by Gasteiger charge is 2.21. The summed E-state index contributed by atoms with van der Waals surface area (Å²) in [6.07, 6.45) is 1.71. The van der Waals surface area contributed by atoms with Crippen molar-refractivity contribution in [3.05, 3.63) is 34.6 Å². The molecule has 1 heterocycles. The molecule has 0 fully saturated rings. The van der Waals surface area contributed by atoms with Crippen LogP contribution in [0, 0.1) is 0 Å². The van der Waals surface area contributed by atoms with E-state index in [1.165, 1.54) is 0 Å². The van der Waals surface area contributed by atoms with Crippen LogP contribution in [0.15, 0.2) is 24.5 Å². The number of nitrogens with zero attached hydrogens (tertiary/aromatic N) is 2. The van der Waals surface area contributed by atoms with Crippen molar-refractivity contribution >= 4 is 29.0 Å². The maximum atomic E-state index is 6.17. The first-order valence-electron chi connectivity index (χ1n) is 5.60. The fourth-order valence-electron chi connectivity index (χ4n) is 1.81. The molecule has 0 aliphatic rings. The number of hydrogen-bond acceptors (Lipinski definition) is 2. The van der Waals surface area contributed by atoms with Gasteiger partial charge in [0.1, 0.15) is 11.5 Å². The SMILES string of the molecule is CC(C)(C)n1cnc(-c2c(Cl)cccc2Cl)c1N. The highest BCUT2D eigenvalue weighted by molar-refractivity contribution is 6.39. The molecule has 0 aliphatic carbocycles. The van der Waals surface area contributed by atoms with E-state index in [0.29, 0.717) is 27.1 Å². The molecule has 0 radical (unpaired) electrons. The van der Waals surface area contributed by atoms with E-state index in [9.17, 15) is 0 Å². The molecular weight excluding hydrogens is 269 g/mol. The van der Waals surface area contributed by atoms with Gasteiger partial charge < -0.3 is 10.3 Å². The molecule has 18 heavy (non-hydrogen) atoms. The second-order valence-electron chi connectivity index (χ2n) is 5.12. The molecule has 2 rings (SSSR count). The highest BCUT2D eigenvalue weighted by Crippen LogP contribution is 2.37. The van der Waals surface area contributed by atoms with E-state index in [2.05, 4.69) is 25.8 Å². The molecule has 0 spiro atoms. The van der Waals surface area contributed by atoms with Crippen molar-refractivity contribution in [2.24, 2.45) is 0 Å². The highest BCUT2D eigenvalue weighted by atomic mass is 35.5. The average molecular weight is 284 g/mol. The van der Waals surface area contributed by atoms with Crippen molar-refractivity contribution in [2.75, 3.05) is 5.73 Å². The molecule has 3 nitrogen and oxygen atoms in total. The van der Waals surface area contributed by atoms with Crippen molar-refractivity contribution in [2.45, 2.75) is 26.3 Å². The van der Waals surface area contributed by atoms with Crippen molar-refractivity contribution in [3.8, 4) is 11.3 Å². The monoisotopic (exact) mass is 283 g/mol. The quantitative estimate of drug-likeness (QED) is 0.853. The summed E-state index contributed by atoms with van der Waals surface area (Å²) in [6, 6.07) is 5.35. The summed E-state index contributed by atoms with van der Waals surface area (Å²) in [6.45, 7) is 6.18. The van der Waals surface area contributed by atoms with Gasteiger partial charge in [0.15, 0.2) is 0 Å². The summed E-state index contributed by atoms with van der Waals surface area (Å²) < 4.78 is 1.90. The van der Waals surface area contributed by atoms with Crippen LogP contribution in [-0.2, 0) is 5.54 Å². The van der Waals surface area contributed by atoms with Crippen molar-refractivity contribution in [1.29, 1.82) is 0 Å². The van der Waals surface area contributed by atoms with E-state index in [1.54, 1.807) is 24.5 Å². The number of anilines is 1. The lowest BCUT2D eigenvalue weighted by atomic mass is 10.1. The van der Waals surface area contributed by atoms with Gasteiger partial charge in [0.25, 0.3) is 0 Å². The first-order chi connectivity index (χ1) is 8.32. The van der Waals surface area contributed by atoms with Gasteiger partial charge in [-0.2, -0.15) is 0 Å². The van der Waals surface area contributed by atoms with Crippen molar-refractivity contribution in [3.63, 3.8) is 0 Å². The molecule has 0 saturated carbocycles. The normalized spacial score (nSPS) is 11.8. The maximum absolute atomic E-state index is 6.17. The Labute approximate surface area is 117 Å². The third kappa shape index (κ3) is 2.20. The van der Waals surface area contributed by atoms with E-state index in [1.807, 2.05) is 4.57 Å². The number of aromatic nitrogens is 2. The fraction of sp³-hybridized carbons (Fsp3) is 0.308. The summed E-state index contributed by atoms with van der Waals surface area (Å²) in [5.41, 5.74) is 7.31. The van der Waals surface area contributed by atoms with E-state index in [4.69, 9.17) is 28.9 Å². The number of nitrogens with two attached hydrogens (primary N) is 1. The Morgan fingerprint density at radius 3 is 2.17 bits per heavy atom. The van der Waals surface area contributed by atoms with Gasteiger partial charge in [-0.05, 0) is 32.9 Å². The Bertz CT molecular complexity index is 562. The Balaban J connectivity index is 2.64. The predicted octanol–water partition coefficient (Wildman–Crippen LogP) is 4.19. The van der Waals surface area contributed by atoms with E-state index >= 15 is 0 Å². The Morgan fingerprint density at radius 1 is 1.17 bits per heavy atom. The van der Waals surface area contributed by atoms with Gasteiger partial charge >= 0.3 is 0 Å². The molecule has 0 atom stereocenters. The molecule has 0 amide bonds. The largest absolute Gasteiger partial charge is 0.383 e. The standard InChI is InChI=1S/C13H15Cl2N3/c1-13(2,3)18-7-17-11(12(18)16)10-8(14)5-4-6-9(10)15/h4-7H,16H2,1-3H3. The Hall–Kier alpha value is -1.19. The molecular formula is C13H15Cl2N3. The van der Waals surface area contributed by atoms with Crippen LogP contribution in [0.2, 0.25) is 10.0 Å². The maximum Gasteiger partial charge on any atom is 0.132 e. The number of halogens is 2. The summed E-state index contributed by atoms with van der Waals surface area (Å²) >= 11 is 12.3. The van der Waals surface area contributed by atoms with Gasteiger partial charge in [-0.1, -0.05) is 29.3 Å². The number of benzene rings is 1. The van der Waals surface area contributed by atoms with Crippen LogP contribution in [0.3, 0.4) is 0 Å². The summed E-state index contributed by atoms with van der Waals surface area (Å²) in [5.74, 6) is 0.567. The minimum Gasteiger partial charge on any atom is -0.383 e. The van der Waals surface area contributed by atoms with E-state index in [0.717, 1.165) is 0 Å². The number of imidazole rings is 1. The molecule has 1 aromatic carbocycles. The van der Waals surface area contributed by atoms with Crippen molar-refractivity contribution < 1.29 is 0 Å². The van der Waals surface area contributed by atoms with Crippen LogP contribution in [0.25, 0.3) is 11.3 Å². The fourth-order valence-corrected chi connectivity index (χ4v) is 2.39. The minimum absolute atomic E-state index is 0.136. The lowest BCUT2D eigenvalue weighted by Crippen LogP contribution is -2.22. The van der Waals surface area contributed by atoms with Crippen LogP contribution >= 0.6 is 23.2 Å². The van der Waals surface area contributed by atoms with E-state index < -0.39 is 0 Å². The molecule has 0 saturated heterocycles. The molecule has 0 bridgehead atoms. The predicted molar refractivity (Wildman–Crippen MR) is 77.1 cm³/mol. The number of nitrogen functional groups attached to an aromatic ring is 1. The summed E-state index contributed by atoms with van der Waals surface area (Å²) in [4.78, 5) is 4.34. The lowest BCUT2D eigenvalue weighted by molar-refractivity contribution is 0.402. The number of hydrogen-bond donors (Lipinski definition) is 1. The summed E-state index contributed by atoms with van der Waals surface area (Å²) in [7, 11) is 0.